The van der Waals surface area contributed by atoms with E-state index in [0.29, 0.717) is 25.7 Å². The van der Waals surface area contributed by atoms with Crippen molar-refractivity contribution in [1.82, 2.24) is 0 Å². The zero-order valence-electron chi connectivity index (χ0n) is 60.7. The van der Waals surface area contributed by atoms with Crippen molar-refractivity contribution < 1.29 is 80.2 Å². The predicted molar refractivity (Wildman–Crippen MR) is 377 cm³/mol. The highest BCUT2D eigenvalue weighted by Crippen LogP contribution is 2.45. The molecule has 0 aromatic heterocycles. The molecule has 0 spiro atoms. The van der Waals surface area contributed by atoms with E-state index in [9.17, 15) is 43.2 Å². The molecule has 0 aliphatic heterocycles. The lowest BCUT2D eigenvalue weighted by atomic mass is 9.99. The topological polar surface area (TPSA) is 237 Å². The zero-order valence-corrected chi connectivity index (χ0v) is 62.5. The predicted octanol–water partition coefficient (Wildman–Crippen LogP) is 21.4. The molecule has 0 aliphatic rings. The van der Waals surface area contributed by atoms with Crippen molar-refractivity contribution in [2.24, 2.45) is 17.8 Å². The number of hydrogen-bond acceptors (Lipinski definition) is 15. The van der Waals surface area contributed by atoms with E-state index in [2.05, 4.69) is 48.5 Å². The number of esters is 4. The van der Waals surface area contributed by atoms with Gasteiger partial charge in [-0.2, -0.15) is 0 Å². The largest absolute Gasteiger partial charge is 0.472 e. The summed E-state index contributed by atoms with van der Waals surface area (Å²) in [5.41, 5.74) is 0. The number of carbonyl (C=O) groups excluding carboxylic acids is 4. The van der Waals surface area contributed by atoms with E-state index in [1.807, 2.05) is 0 Å². The summed E-state index contributed by atoms with van der Waals surface area (Å²) in [6, 6.07) is 0. The summed E-state index contributed by atoms with van der Waals surface area (Å²) in [5.74, 6) is 0.220. The molecule has 0 amide bonds. The summed E-state index contributed by atoms with van der Waals surface area (Å²) in [6.45, 7) is 11.9. The number of rotatable bonds is 72. The van der Waals surface area contributed by atoms with Crippen molar-refractivity contribution in [3.63, 3.8) is 0 Å². The number of aliphatic hydroxyl groups excluding tert-OH is 1. The minimum atomic E-state index is -4.95. The van der Waals surface area contributed by atoms with Crippen molar-refractivity contribution in [3.8, 4) is 0 Å². The normalized spacial score (nSPS) is 14.4. The molecule has 6 atom stereocenters. The Bertz CT molecular complexity index is 1820. The van der Waals surface area contributed by atoms with Crippen LogP contribution < -0.4 is 0 Å². The second-order valence-electron chi connectivity index (χ2n) is 27.9. The summed E-state index contributed by atoms with van der Waals surface area (Å²) in [7, 11) is -9.90. The highest BCUT2D eigenvalue weighted by molar-refractivity contribution is 7.47. The van der Waals surface area contributed by atoms with Crippen LogP contribution in [0.1, 0.15) is 376 Å². The third-order valence-corrected chi connectivity index (χ3v) is 19.4. The van der Waals surface area contributed by atoms with Crippen LogP contribution in [-0.4, -0.2) is 96.7 Å². The molecule has 19 heteroatoms. The smallest absolute Gasteiger partial charge is 0.462 e. The Balaban J connectivity index is 5.15. The molecule has 93 heavy (non-hydrogen) atoms. The first-order valence-corrected chi connectivity index (χ1v) is 41.4. The van der Waals surface area contributed by atoms with E-state index in [1.165, 1.54) is 173 Å². The minimum Gasteiger partial charge on any atom is -0.462 e. The van der Waals surface area contributed by atoms with Gasteiger partial charge in [0.05, 0.1) is 26.4 Å². The van der Waals surface area contributed by atoms with Gasteiger partial charge in [0.25, 0.3) is 0 Å². The van der Waals surface area contributed by atoms with Crippen molar-refractivity contribution in [3.05, 3.63) is 0 Å². The van der Waals surface area contributed by atoms with E-state index in [-0.39, 0.29) is 25.7 Å². The summed E-state index contributed by atoms with van der Waals surface area (Å²) in [4.78, 5) is 72.5. The van der Waals surface area contributed by atoms with Crippen LogP contribution >= 0.6 is 15.6 Å². The standard InChI is InChI=1S/C74H144O17P2/c1-8-10-11-12-31-41-48-55-71(76)84-61-69(91-74(79)58-51-44-37-30-29-33-39-46-53-66(5)6)63-88-92(80,81)86-59-68(75)60-87-93(82,83)89-64-70(62-85-72(77)56-49-42-35-27-24-23-25-32-38-45-52-65(3)4)90-73(78)57-50-43-36-28-22-20-18-16-14-13-15-17-19-21-26-34-40-47-54-67(7)9-2/h65-70,75H,8-64H2,1-7H3,(H,80,81)(H,82,83)/t67?,68-,69+,70+/m0/s1. The average Bonchev–Trinajstić information content (AvgIpc) is 2.02. The lowest BCUT2D eigenvalue weighted by Crippen LogP contribution is -2.30. The Morgan fingerprint density at radius 1 is 0.312 bits per heavy atom. The molecule has 0 fully saturated rings. The first kappa shape index (κ1) is 91.1. The van der Waals surface area contributed by atoms with E-state index in [0.717, 1.165) is 120 Å². The summed E-state index contributed by atoms with van der Waals surface area (Å²) in [6.07, 6.45) is 50.2. The Labute approximate surface area is 568 Å². The Morgan fingerprint density at radius 3 is 0.817 bits per heavy atom. The van der Waals surface area contributed by atoms with Gasteiger partial charge in [-0.1, -0.05) is 325 Å². The maximum absolute atomic E-state index is 13.1. The van der Waals surface area contributed by atoms with E-state index >= 15 is 0 Å². The third kappa shape index (κ3) is 67.0. The molecule has 17 nitrogen and oxygen atoms in total. The van der Waals surface area contributed by atoms with Gasteiger partial charge in [-0.25, -0.2) is 9.13 Å². The molecule has 3 unspecified atom stereocenters. The lowest BCUT2D eigenvalue weighted by Gasteiger charge is -2.21. The SMILES string of the molecule is CCCCCCCCCC(=O)OC[C@H](COP(=O)(O)OC[C@H](O)COP(=O)(O)OC[C@@H](COC(=O)CCCCCCCCCCCCC(C)C)OC(=O)CCCCCCCCCCCCCCCCCCCCC(C)CC)OC(=O)CCCCCCCCCCC(C)C. The molecule has 0 aromatic carbocycles. The van der Waals surface area contributed by atoms with Crippen LogP contribution in [0.5, 0.6) is 0 Å². The van der Waals surface area contributed by atoms with Crippen LogP contribution in [0.15, 0.2) is 0 Å². The highest BCUT2D eigenvalue weighted by Gasteiger charge is 2.30. The Kier molecular flexibility index (Phi) is 63.4. The van der Waals surface area contributed by atoms with Gasteiger partial charge in [-0.15, -0.1) is 0 Å². The van der Waals surface area contributed by atoms with Crippen LogP contribution in [0.2, 0.25) is 0 Å². The van der Waals surface area contributed by atoms with Crippen LogP contribution in [-0.2, 0) is 65.4 Å². The highest BCUT2D eigenvalue weighted by atomic mass is 31.2. The molecule has 0 bridgehead atoms. The van der Waals surface area contributed by atoms with Crippen molar-refractivity contribution in [2.75, 3.05) is 39.6 Å². The number of aliphatic hydroxyl groups is 1. The molecule has 0 saturated heterocycles. The van der Waals surface area contributed by atoms with Gasteiger partial charge in [0.1, 0.15) is 19.3 Å². The summed E-state index contributed by atoms with van der Waals surface area (Å²) in [5, 5.41) is 10.6. The zero-order chi connectivity index (χ0) is 68.7. The second-order valence-corrected chi connectivity index (χ2v) is 30.8. The van der Waals surface area contributed by atoms with Gasteiger partial charge in [0, 0.05) is 25.7 Å². The first-order valence-electron chi connectivity index (χ1n) is 38.4. The van der Waals surface area contributed by atoms with Crippen LogP contribution in [0.3, 0.4) is 0 Å². The Hall–Kier alpha value is -1.94. The lowest BCUT2D eigenvalue weighted by molar-refractivity contribution is -0.161. The number of phosphoric acid groups is 2. The fourth-order valence-corrected chi connectivity index (χ4v) is 12.8. The Morgan fingerprint density at radius 2 is 0.548 bits per heavy atom. The summed E-state index contributed by atoms with van der Waals surface area (Å²) < 4.78 is 68.3. The minimum absolute atomic E-state index is 0.104. The van der Waals surface area contributed by atoms with E-state index < -0.39 is 97.5 Å². The first-order chi connectivity index (χ1) is 44.8. The number of hydrogen-bond donors (Lipinski definition) is 3. The molecule has 0 rings (SSSR count). The number of unbranched alkanes of at least 4 members (excludes halogenated alkanes) is 39. The number of ether oxygens (including phenoxy) is 4. The molecule has 0 radical (unpaired) electrons. The molecule has 3 N–H and O–H groups in total. The number of phosphoric ester groups is 2. The molecular formula is C74H144O17P2. The van der Waals surface area contributed by atoms with Crippen LogP contribution in [0, 0.1) is 17.8 Å². The average molecular weight is 1370 g/mol. The number of carbonyl (C=O) groups is 4. The monoisotopic (exact) mass is 1370 g/mol. The van der Waals surface area contributed by atoms with Crippen LogP contribution in [0.25, 0.3) is 0 Å². The van der Waals surface area contributed by atoms with Gasteiger partial charge in [0.15, 0.2) is 12.2 Å². The van der Waals surface area contributed by atoms with Crippen molar-refractivity contribution in [2.45, 2.75) is 394 Å². The second kappa shape index (κ2) is 64.7. The van der Waals surface area contributed by atoms with Gasteiger partial charge in [0.2, 0.25) is 0 Å². The quantitative estimate of drug-likeness (QED) is 0.0222. The molecule has 0 aromatic rings. The molecule has 0 saturated carbocycles. The van der Waals surface area contributed by atoms with E-state index in [1.54, 1.807) is 0 Å². The molecule has 552 valence electrons. The molecule has 0 heterocycles. The molecule has 0 aliphatic carbocycles. The van der Waals surface area contributed by atoms with Crippen molar-refractivity contribution >= 4 is 39.5 Å². The fourth-order valence-electron chi connectivity index (χ4n) is 11.2. The van der Waals surface area contributed by atoms with Crippen LogP contribution in [0.4, 0.5) is 0 Å². The van der Waals surface area contributed by atoms with Gasteiger partial charge in [-0.05, 0) is 43.4 Å². The van der Waals surface area contributed by atoms with Gasteiger partial charge in [-0.3, -0.25) is 37.3 Å². The van der Waals surface area contributed by atoms with Gasteiger partial charge < -0.3 is 33.8 Å². The van der Waals surface area contributed by atoms with E-state index in [4.69, 9.17) is 37.0 Å². The molecular weight excluding hydrogens is 1220 g/mol. The fraction of sp³-hybridized carbons (Fsp3) is 0.946. The maximum atomic E-state index is 13.1. The maximum Gasteiger partial charge on any atom is 0.472 e. The third-order valence-electron chi connectivity index (χ3n) is 17.5. The summed E-state index contributed by atoms with van der Waals surface area (Å²) >= 11 is 0. The van der Waals surface area contributed by atoms with Gasteiger partial charge >= 0.3 is 39.5 Å². The van der Waals surface area contributed by atoms with Crippen molar-refractivity contribution in [1.29, 1.82) is 0 Å².